The zero-order valence-electron chi connectivity index (χ0n) is 14.8. The first kappa shape index (κ1) is 19.4. The van der Waals surface area contributed by atoms with Crippen molar-refractivity contribution in [1.29, 1.82) is 0 Å². The summed E-state index contributed by atoms with van der Waals surface area (Å²) in [5.41, 5.74) is 3.77. The average Bonchev–Trinajstić information content (AvgIpc) is 3.15. The van der Waals surface area contributed by atoms with Crippen LogP contribution in [0.5, 0.6) is 5.75 Å². The Balaban J connectivity index is 1.58. The van der Waals surface area contributed by atoms with Gasteiger partial charge in [0.05, 0.1) is 15.4 Å². The lowest BCUT2D eigenvalue weighted by atomic mass is 10.1. The van der Waals surface area contributed by atoms with Crippen LogP contribution in [0.2, 0.25) is 10.0 Å². The molecule has 1 N–H and O–H groups in total. The van der Waals surface area contributed by atoms with Crippen molar-refractivity contribution in [3.8, 4) is 16.9 Å². The zero-order valence-corrected chi connectivity index (χ0v) is 17.1. The second kappa shape index (κ2) is 8.24. The van der Waals surface area contributed by atoms with Crippen molar-refractivity contribution in [2.24, 2.45) is 0 Å². The number of nitrogens with one attached hydrogen (secondary N) is 1. The van der Waals surface area contributed by atoms with Crippen molar-refractivity contribution in [3.63, 3.8) is 0 Å². The van der Waals surface area contributed by atoms with E-state index in [-0.39, 0.29) is 28.0 Å². The number of carbonyl (C=O) groups excluding carboxylic acids is 1. The summed E-state index contributed by atoms with van der Waals surface area (Å²) in [6, 6.07) is 14.4. The maximum absolute atomic E-state index is 12.9. The molecule has 0 saturated carbocycles. The highest BCUT2D eigenvalue weighted by Crippen LogP contribution is 2.32. The summed E-state index contributed by atoms with van der Waals surface area (Å²) in [5, 5.41) is 2.90. The number of hydrogen-bond donors (Lipinski definition) is 1. The van der Waals surface area contributed by atoms with Crippen LogP contribution in [-0.2, 0) is 4.79 Å². The molecule has 0 aliphatic carbocycles. The predicted octanol–water partition coefficient (Wildman–Crippen LogP) is 4.58. The fraction of sp³-hybridized carbons (Fsp3) is 0.0500. The van der Waals surface area contributed by atoms with Crippen LogP contribution in [0, 0.1) is 0 Å². The van der Waals surface area contributed by atoms with Gasteiger partial charge in [0.1, 0.15) is 11.2 Å². The van der Waals surface area contributed by atoms with Crippen molar-refractivity contribution in [1.82, 2.24) is 9.66 Å². The molecule has 0 unspecified atom stereocenters. The molecule has 0 fully saturated rings. The molecule has 9 heteroatoms. The Labute approximate surface area is 179 Å². The number of amides is 1. The molecule has 4 aromatic rings. The number of thiophene rings is 1. The van der Waals surface area contributed by atoms with Gasteiger partial charge in [-0.3, -0.25) is 15.0 Å². The Kier molecular flexibility index (Phi) is 5.53. The summed E-state index contributed by atoms with van der Waals surface area (Å²) < 4.78 is 6.44. The molecule has 0 atom stereocenters. The quantitative estimate of drug-likeness (QED) is 0.487. The second-order valence-electron chi connectivity index (χ2n) is 5.99. The Hall–Kier alpha value is -2.87. The van der Waals surface area contributed by atoms with Crippen LogP contribution >= 0.6 is 34.5 Å². The molecule has 2 heterocycles. The normalized spacial score (nSPS) is 10.8. The highest BCUT2D eigenvalue weighted by Gasteiger charge is 2.15. The van der Waals surface area contributed by atoms with E-state index in [9.17, 15) is 9.59 Å². The van der Waals surface area contributed by atoms with E-state index in [0.717, 1.165) is 15.8 Å². The first-order valence-electron chi connectivity index (χ1n) is 8.45. The highest BCUT2D eigenvalue weighted by atomic mass is 35.5. The molecule has 29 heavy (non-hydrogen) atoms. The topological polar surface area (TPSA) is 73.2 Å². The number of rotatable bonds is 5. The monoisotopic (exact) mass is 445 g/mol. The van der Waals surface area contributed by atoms with Crippen molar-refractivity contribution in [2.75, 3.05) is 12.0 Å². The molecule has 0 spiro atoms. The van der Waals surface area contributed by atoms with Crippen LogP contribution in [0.3, 0.4) is 0 Å². The van der Waals surface area contributed by atoms with Gasteiger partial charge in [-0.15, -0.1) is 11.3 Å². The third kappa shape index (κ3) is 3.98. The summed E-state index contributed by atoms with van der Waals surface area (Å²) in [4.78, 5) is 30.1. The minimum atomic E-state index is -0.555. The maximum atomic E-state index is 12.9. The van der Waals surface area contributed by atoms with Gasteiger partial charge in [-0.1, -0.05) is 59.6 Å². The molecular formula is C20H13Cl2N3O3S. The van der Waals surface area contributed by atoms with E-state index in [2.05, 4.69) is 10.4 Å². The first-order chi connectivity index (χ1) is 14.0. The number of aromatic nitrogens is 2. The van der Waals surface area contributed by atoms with Gasteiger partial charge < -0.3 is 4.74 Å². The van der Waals surface area contributed by atoms with Crippen molar-refractivity contribution in [3.05, 3.63) is 80.6 Å². The number of benzene rings is 2. The number of ether oxygens (including phenoxy) is 1. The number of nitrogens with zero attached hydrogens (tertiary/aromatic N) is 2. The summed E-state index contributed by atoms with van der Waals surface area (Å²) in [7, 11) is 0. The van der Waals surface area contributed by atoms with E-state index >= 15 is 0 Å². The number of para-hydroxylation sites is 1. The van der Waals surface area contributed by atoms with Gasteiger partial charge in [0.2, 0.25) is 0 Å². The maximum Gasteiger partial charge on any atom is 0.281 e. The number of fused-ring (bicyclic) bond motifs is 1. The summed E-state index contributed by atoms with van der Waals surface area (Å²) in [5.74, 6) is -0.350. The van der Waals surface area contributed by atoms with Crippen LogP contribution in [0.15, 0.2) is 65.0 Å². The van der Waals surface area contributed by atoms with E-state index in [1.165, 1.54) is 17.7 Å². The van der Waals surface area contributed by atoms with Gasteiger partial charge >= 0.3 is 0 Å². The number of hydrogen-bond acceptors (Lipinski definition) is 5. The number of carbonyl (C=O) groups is 1. The fourth-order valence-corrected chi connectivity index (χ4v) is 4.18. The molecule has 0 radical (unpaired) electrons. The van der Waals surface area contributed by atoms with Crippen LogP contribution in [0.4, 0.5) is 0 Å². The molecule has 2 aromatic carbocycles. The van der Waals surface area contributed by atoms with E-state index in [1.54, 1.807) is 18.2 Å². The fourth-order valence-electron chi connectivity index (χ4n) is 2.77. The first-order valence-corrected chi connectivity index (χ1v) is 10.1. The lowest BCUT2D eigenvalue weighted by molar-refractivity contribution is -0.119. The summed E-state index contributed by atoms with van der Waals surface area (Å²) in [6.45, 7) is -0.372. The van der Waals surface area contributed by atoms with Crippen LogP contribution in [0.1, 0.15) is 0 Å². The Bertz CT molecular complexity index is 1230. The van der Waals surface area contributed by atoms with Gasteiger partial charge in [0.25, 0.3) is 11.5 Å². The van der Waals surface area contributed by atoms with Gasteiger partial charge in [0.15, 0.2) is 12.4 Å². The van der Waals surface area contributed by atoms with E-state index < -0.39 is 5.91 Å². The molecular weight excluding hydrogens is 433 g/mol. The standard InChI is InChI=1S/C20H13Cl2N3O3S/c21-14-7-4-8-15(22)18(14)28-9-16(26)24-25-11-23-19-17(20(25)27)13(10-29-19)12-5-2-1-3-6-12/h1-8,10-11H,9H2,(H,24,26). The van der Waals surface area contributed by atoms with Gasteiger partial charge in [0, 0.05) is 10.9 Å². The molecule has 0 aliphatic rings. The highest BCUT2D eigenvalue weighted by molar-refractivity contribution is 7.17. The molecule has 2 aromatic heterocycles. The van der Waals surface area contributed by atoms with Crippen molar-refractivity contribution in [2.45, 2.75) is 0 Å². The second-order valence-corrected chi connectivity index (χ2v) is 7.66. The SMILES string of the molecule is O=C(COc1c(Cl)cccc1Cl)Nn1cnc2scc(-c3ccccc3)c2c1=O. The van der Waals surface area contributed by atoms with Gasteiger partial charge in [-0.2, -0.15) is 0 Å². The van der Waals surface area contributed by atoms with Crippen LogP contribution in [-0.4, -0.2) is 22.2 Å². The molecule has 146 valence electrons. The summed E-state index contributed by atoms with van der Waals surface area (Å²) >= 11 is 13.4. The molecule has 0 aliphatic heterocycles. The van der Waals surface area contributed by atoms with Crippen molar-refractivity contribution >= 4 is 50.7 Å². The Morgan fingerprint density at radius 3 is 2.55 bits per heavy atom. The van der Waals surface area contributed by atoms with Crippen molar-refractivity contribution < 1.29 is 9.53 Å². The van der Waals surface area contributed by atoms with Gasteiger partial charge in [-0.25, -0.2) is 9.66 Å². The Morgan fingerprint density at radius 2 is 1.83 bits per heavy atom. The largest absolute Gasteiger partial charge is 0.481 e. The van der Waals surface area contributed by atoms with Crippen LogP contribution in [0.25, 0.3) is 21.3 Å². The third-order valence-electron chi connectivity index (χ3n) is 4.09. The van der Waals surface area contributed by atoms with Crippen LogP contribution < -0.4 is 15.7 Å². The zero-order chi connectivity index (χ0) is 20.4. The predicted molar refractivity (Wildman–Crippen MR) is 116 cm³/mol. The lowest BCUT2D eigenvalue weighted by Crippen LogP contribution is -2.35. The molecule has 6 nitrogen and oxygen atoms in total. The third-order valence-corrected chi connectivity index (χ3v) is 5.57. The minimum Gasteiger partial charge on any atom is -0.481 e. The number of halogens is 2. The summed E-state index contributed by atoms with van der Waals surface area (Å²) in [6.07, 6.45) is 1.27. The molecule has 0 saturated heterocycles. The Morgan fingerprint density at radius 1 is 1.10 bits per heavy atom. The van der Waals surface area contributed by atoms with E-state index in [1.807, 2.05) is 35.7 Å². The van der Waals surface area contributed by atoms with E-state index in [4.69, 9.17) is 27.9 Å². The smallest absolute Gasteiger partial charge is 0.281 e. The molecule has 1 amide bonds. The average molecular weight is 446 g/mol. The molecule has 4 rings (SSSR count). The van der Waals surface area contributed by atoms with Gasteiger partial charge in [-0.05, 0) is 17.7 Å². The van der Waals surface area contributed by atoms with E-state index in [0.29, 0.717) is 10.2 Å². The lowest BCUT2D eigenvalue weighted by Gasteiger charge is -2.11. The molecule has 0 bridgehead atoms. The minimum absolute atomic E-state index is 0.205.